The van der Waals surface area contributed by atoms with E-state index in [0.717, 1.165) is 5.56 Å². The molecule has 0 spiro atoms. The van der Waals surface area contributed by atoms with Crippen LogP contribution < -0.4 is 14.2 Å². The number of nitrogens with zero attached hydrogens (tertiary/aromatic N) is 1. The first-order valence-corrected chi connectivity index (χ1v) is 7.96. The highest BCUT2D eigenvalue weighted by atomic mass is 16.6. The van der Waals surface area contributed by atoms with Crippen LogP contribution in [0.2, 0.25) is 0 Å². The molecular weight excluding hydrogens is 334 g/mol. The number of hydrogen-bond donors (Lipinski definition) is 0. The maximum atomic E-state index is 12.3. The summed E-state index contributed by atoms with van der Waals surface area (Å²) in [6.07, 6.45) is 1.61. The largest absolute Gasteiger partial charge is 0.497 e. The summed E-state index contributed by atoms with van der Waals surface area (Å²) in [5, 5.41) is 0. The van der Waals surface area contributed by atoms with E-state index in [1.54, 1.807) is 51.7 Å². The van der Waals surface area contributed by atoms with Gasteiger partial charge in [0.2, 0.25) is 5.90 Å². The molecule has 0 fully saturated rings. The van der Waals surface area contributed by atoms with Gasteiger partial charge >= 0.3 is 5.97 Å². The SMILES string of the molecule is COc1ccc(OC)c(/C=C2\N=C(c3cccc(C)c3OC)OC2=O)c1. The number of hydrogen-bond acceptors (Lipinski definition) is 6. The van der Waals surface area contributed by atoms with E-state index in [-0.39, 0.29) is 11.6 Å². The molecule has 0 aromatic heterocycles. The van der Waals surface area contributed by atoms with Gasteiger partial charge in [-0.05, 0) is 42.8 Å². The number of methoxy groups -OCH3 is 3. The highest BCUT2D eigenvalue weighted by molar-refractivity contribution is 6.14. The van der Waals surface area contributed by atoms with E-state index >= 15 is 0 Å². The third-order valence-electron chi connectivity index (χ3n) is 4.00. The number of ether oxygens (including phenoxy) is 4. The molecule has 6 nitrogen and oxygen atoms in total. The third kappa shape index (κ3) is 3.26. The van der Waals surface area contributed by atoms with Crippen LogP contribution in [0.3, 0.4) is 0 Å². The molecular formula is C20H19NO5. The number of benzene rings is 2. The van der Waals surface area contributed by atoms with Crippen LogP contribution in [0.15, 0.2) is 47.1 Å². The van der Waals surface area contributed by atoms with E-state index in [9.17, 15) is 4.79 Å². The second-order valence-electron chi connectivity index (χ2n) is 5.60. The lowest BCUT2D eigenvalue weighted by Gasteiger charge is -2.09. The molecule has 0 atom stereocenters. The molecule has 6 heteroatoms. The summed E-state index contributed by atoms with van der Waals surface area (Å²) in [4.78, 5) is 16.6. The molecule has 0 N–H and O–H groups in total. The minimum atomic E-state index is -0.534. The van der Waals surface area contributed by atoms with Crippen molar-refractivity contribution in [3.63, 3.8) is 0 Å². The van der Waals surface area contributed by atoms with E-state index in [2.05, 4.69) is 4.99 Å². The average Bonchev–Trinajstić information content (AvgIpc) is 3.01. The van der Waals surface area contributed by atoms with Gasteiger partial charge in [0.15, 0.2) is 5.70 Å². The Hall–Kier alpha value is -3.28. The summed E-state index contributed by atoms with van der Waals surface area (Å²) in [6.45, 7) is 1.91. The molecule has 0 aliphatic carbocycles. The van der Waals surface area contributed by atoms with Crippen LogP contribution >= 0.6 is 0 Å². The van der Waals surface area contributed by atoms with Crippen LogP contribution in [0, 0.1) is 6.92 Å². The van der Waals surface area contributed by atoms with Crippen LogP contribution in [0.1, 0.15) is 16.7 Å². The van der Waals surface area contributed by atoms with E-state index in [1.807, 2.05) is 19.1 Å². The molecule has 1 heterocycles. The summed E-state index contributed by atoms with van der Waals surface area (Å²) in [7, 11) is 4.70. The molecule has 134 valence electrons. The molecule has 0 saturated heterocycles. The van der Waals surface area contributed by atoms with Gasteiger partial charge in [-0.15, -0.1) is 0 Å². The number of aryl methyl sites for hydroxylation is 1. The topological polar surface area (TPSA) is 66.3 Å². The van der Waals surface area contributed by atoms with Gasteiger partial charge in [0.25, 0.3) is 0 Å². The lowest BCUT2D eigenvalue weighted by Crippen LogP contribution is -2.07. The van der Waals surface area contributed by atoms with E-state index in [0.29, 0.717) is 28.4 Å². The normalized spacial score (nSPS) is 14.8. The van der Waals surface area contributed by atoms with Gasteiger partial charge in [0.05, 0.1) is 26.9 Å². The summed E-state index contributed by atoms with van der Waals surface area (Å²) >= 11 is 0. The summed E-state index contributed by atoms with van der Waals surface area (Å²) < 4.78 is 21.3. The fraction of sp³-hybridized carbons (Fsp3) is 0.200. The van der Waals surface area contributed by atoms with E-state index in [4.69, 9.17) is 18.9 Å². The number of para-hydroxylation sites is 1. The number of aliphatic imine (C=N–C) groups is 1. The summed E-state index contributed by atoms with van der Waals surface area (Å²) in [5.74, 6) is 1.55. The Morgan fingerprint density at radius 1 is 1.04 bits per heavy atom. The first-order valence-electron chi connectivity index (χ1n) is 7.96. The minimum absolute atomic E-state index is 0.176. The lowest BCUT2D eigenvalue weighted by molar-refractivity contribution is -0.129. The van der Waals surface area contributed by atoms with Crippen LogP contribution in [-0.4, -0.2) is 33.2 Å². The molecule has 26 heavy (non-hydrogen) atoms. The first-order chi connectivity index (χ1) is 12.6. The molecule has 1 aliphatic rings. The van der Waals surface area contributed by atoms with Gasteiger partial charge in [0, 0.05) is 5.56 Å². The number of carbonyl (C=O) groups is 1. The van der Waals surface area contributed by atoms with Crippen molar-refractivity contribution in [3.05, 3.63) is 58.8 Å². The van der Waals surface area contributed by atoms with E-state index < -0.39 is 5.97 Å². The second-order valence-corrected chi connectivity index (χ2v) is 5.60. The van der Waals surface area contributed by atoms with Crippen molar-refractivity contribution in [2.24, 2.45) is 4.99 Å². The van der Waals surface area contributed by atoms with Crippen molar-refractivity contribution >= 4 is 17.9 Å². The van der Waals surface area contributed by atoms with Crippen molar-refractivity contribution < 1.29 is 23.7 Å². The van der Waals surface area contributed by atoms with Crippen molar-refractivity contribution in [2.45, 2.75) is 6.92 Å². The van der Waals surface area contributed by atoms with Crippen LogP contribution in [-0.2, 0) is 9.53 Å². The molecule has 1 aliphatic heterocycles. The molecule has 0 unspecified atom stereocenters. The van der Waals surface area contributed by atoms with Crippen molar-refractivity contribution in [1.82, 2.24) is 0 Å². The van der Waals surface area contributed by atoms with Gasteiger partial charge in [-0.1, -0.05) is 12.1 Å². The van der Waals surface area contributed by atoms with Crippen molar-refractivity contribution in [1.29, 1.82) is 0 Å². The third-order valence-corrected chi connectivity index (χ3v) is 4.00. The zero-order valence-electron chi connectivity index (χ0n) is 15.0. The van der Waals surface area contributed by atoms with Gasteiger partial charge in [-0.2, -0.15) is 0 Å². The zero-order chi connectivity index (χ0) is 18.7. The predicted molar refractivity (Wildman–Crippen MR) is 97.9 cm³/mol. The maximum Gasteiger partial charge on any atom is 0.363 e. The molecule has 0 amide bonds. The van der Waals surface area contributed by atoms with Gasteiger partial charge < -0.3 is 18.9 Å². The summed E-state index contributed by atoms with van der Waals surface area (Å²) in [5.41, 5.74) is 2.40. The predicted octanol–water partition coefficient (Wildman–Crippen LogP) is 3.37. The number of cyclic esters (lactones) is 1. The highest BCUT2D eigenvalue weighted by Gasteiger charge is 2.27. The zero-order valence-corrected chi connectivity index (χ0v) is 15.0. The Kier molecular flexibility index (Phi) is 4.93. The average molecular weight is 353 g/mol. The fourth-order valence-corrected chi connectivity index (χ4v) is 2.72. The molecule has 2 aromatic carbocycles. The van der Waals surface area contributed by atoms with Gasteiger partial charge in [0.1, 0.15) is 17.2 Å². The smallest absolute Gasteiger partial charge is 0.363 e. The Bertz CT molecular complexity index is 914. The van der Waals surface area contributed by atoms with E-state index in [1.165, 1.54) is 0 Å². The molecule has 0 bridgehead atoms. The van der Waals surface area contributed by atoms with Gasteiger partial charge in [-0.25, -0.2) is 9.79 Å². The lowest BCUT2D eigenvalue weighted by atomic mass is 10.1. The quantitative estimate of drug-likeness (QED) is 0.609. The van der Waals surface area contributed by atoms with Crippen LogP contribution in [0.5, 0.6) is 17.2 Å². The monoisotopic (exact) mass is 353 g/mol. The maximum absolute atomic E-state index is 12.3. The van der Waals surface area contributed by atoms with Crippen LogP contribution in [0.25, 0.3) is 6.08 Å². The highest BCUT2D eigenvalue weighted by Crippen LogP contribution is 2.30. The molecule has 3 rings (SSSR count). The number of carbonyl (C=O) groups excluding carboxylic acids is 1. The second kappa shape index (κ2) is 7.31. The Balaban J connectivity index is 2.04. The Morgan fingerprint density at radius 3 is 2.54 bits per heavy atom. The number of esters is 1. The Morgan fingerprint density at radius 2 is 1.85 bits per heavy atom. The fourth-order valence-electron chi connectivity index (χ4n) is 2.72. The minimum Gasteiger partial charge on any atom is -0.497 e. The first kappa shape index (κ1) is 17.5. The van der Waals surface area contributed by atoms with Gasteiger partial charge in [-0.3, -0.25) is 0 Å². The molecule has 0 radical (unpaired) electrons. The van der Waals surface area contributed by atoms with Crippen LogP contribution in [0.4, 0.5) is 0 Å². The standard InChI is InChI=1S/C20H19NO5/c1-12-6-5-7-15(18(12)25-4)19-21-16(20(22)26-19)11-13-10-14(23-2)8-9-17(13)24-3/h5-11H,1-4H3/b16-11-. The summed E-state index contributed by atoms with van der Waals surface area (Å²) in [6, 6.07) is 10.9. The van der Waals surface area contributed by atoms with Crippen molar-refractivity contribution in [2.75, 3.05) is 21.3 Å². The van der Waals surface area contributed by atoms with Crippen molar-refractivity contribution in [3.8, 4) is 17.2 Å². The molecule has 2 aromatic rings. The Labute approximate surface area is 151 Å². The molecule has 0 saturated carbocycles. The number of rotatable bonds is 5.